The molecule has 0 heterocycles. The lowest BCUT2D eigenvalue weighted by Gasteiger charge is -2.18. The summed E-state index contributed by atoms with van der Waals surface area (Å²) in [5.41, 5.74) is 2.72. The second kappa shape index (κ2) is 15.7. The van der Waals surface area contributed by atoms with E-state index in [9.17, 15) is 22.8 Å². The first kappa shape index (κ1) is 34.3. The van der Waals surface area contributed by atoms with E-state index >= 15 is 0 Å². The highest BCUT2D eigenvalue weighted by atomic mass is 79.9. The first-order valence-corrected chi connectivity index (χ1v) is 17.7. The van der Waals surface area contributed by atoms with E-state index in [-0.39, 0.29) is 16.5 Å². The number of halogens is 1. The van der Waals surface area contributed by atoms with Crippen LogP contribution in [0.4, 0.5) is 11.4 Å². The Kier molecular flexibility index (Phi) is 11.2. The van der Waals surface area contributed by atoms with Crippen molar-refractivity contribution in [3.63, 3.8) is 0 Å². The summed E-state index contributed by atoms with van der Waals surface area (Å²) in [6.07, 6.45) is 1.59. The molecule has 12 heteroatoms. The Bertz CT molecular complexity index is 2080. The number of amides is 3. The molecule has 9 nitrogen and oxygen atoms in total. The van der Waals surface area contributed by atoms with E-state index in [4.69, 9.17) is 5.14 Å². The lowest BCUT2D eigenvalue weighted by Crippen LogP contribution is -2.30. The minimum absolute atomic E-state index is 0.0370. The molecule has 0 saturated carbocycles. The highest BCUT2D eigenvalue weighted by molar-refractivity contribution is 9.10. The Morgan fingerprint density at radius 3 is 2.06 bits per heavy atom. The van der Waals surface area contributed by atoms with Crippen molar-refractivity contribution in [1.29, 1.82) is 0 Å². The van der Waals surface area contributed by atoms with Crippen molar-refractivity contribution in [3.05, 3.63) is 160 Å². The molecule has 48 heavy (non-hydrogen) atoms. The molecule has 0 radical (unpaired) electrons. The number of carbonyl (C=O) groups is 3. The SMILES string of the molecule is NS(=O)(=O)c1ccc(NC(=O)C(Sc2cccc(NC(=O)/C(=C\c3cccc(Br)c3)NC(=O)c3ccccc3)c2)c2ccccc2)cc1. The van der Waals surface area contributed by atoms with Gasteiger partial charge in [-0.1, -0.05) is 82.7 Å². The maximum Gasteiger partial charge on any atom is 0.272 e. The number of primary sulfonamides is 1. The highest BCUT2D eigenvalue weighted by Crippen LogP contribution is 2.37. The molecule has 5 N–H and O–H groups in total. The monoisotopic (exact) mass is 740 g/mol. The van der Waals surface area contributed by atoms with Gasteiger partial charge in [0, 0.05) is 26.3 Å². The van der Waals surface area contributed by atoms with E-state index in [2.05, 4.69) is 31.9 Å². The van der Waals surface area contributed by atoms with Crippen LogP contribution in [-0.4, -0.2) is 26.1 Å². The number of hydrogen-bond donors (Lipinski definition) is 4. The molecule has 0 fully saturated rings. The van der Waals surface area contributed by atoms with Crippen LogP contribution in [0.5, 0.6) is 0 Å². The van der Waals surface area contributed by atoms with Crippen molar-refractivity contribution in [2.75, 3.05) is 10.6 Å². The number of benzene rings is 5. The second-order valence-corrected chi connectivity index (χ2v) is 14.0. The topological polar surface area (TPSA) is 147 Å². The molecule has 0 bridgehead atoms. The van der Waals surface area contributed by atoms with Crippen molar-refractivity contribution < 1.29 is 22.8 Å². The summed E-state index contributed by atoms with van der Waals surface area (Å²) >= 11 is 4.71. The Morgan fingerprint density at radius 2 is 1.40 bits per heavy atom. The number of hydrogen-bond acceptors (Lipinski definition) is 6. The molecular formula is C36H29BrN4O5S2. The average Bonchev–Trinajstić information content (AvgIpc) is 3.07. The number of thioether (sulfide) groups is 1. The standard InChI is InChI=1S/C36H29BrN4O5S2/c37-27-14-7-9-24(21-27)22-32(41-34(42)26-12-5-2-6-13-26)35(43)40-29-15-8-16-30(23-29)47-33(25-10-3-1-4-11-25)36(44)39-28-17-19-31(20-18-28)48(38,45)46/h1-23,33H,(H,39,44)(H,40,43)(H,41,42)(H2,38,45,46)/b32-22+. The van der Waals surface area contributed by atoms with E-state index < -0.39 is 27.1 Å². The largest absolute Gasteiger partial charge is 0.325 e. The van der Waals surface area contributed by atoms with Crippen LogP contribution in [0.3, 0.4) is 0 Å². The second-order valence-electron chi connectivity index (χ2n) is 10.4. The minimum Gasteiger partial charge on any atom is -0.325 e. The number of nitrogens with two attached hydrogens (primary N) is 1. The van der Waals surface area contributed by atoms with Crippen LogP contribution in [0.15, 0.2) is 153 Å². The Labute approximate surface area is 290 Å². The average molecular weight is 742 g/mol. The van der Waals surface area contributed by atoms with Crippen LogP contribution < -0.4 is 21.1 Å². The molecule has 3 amide bonds. The van der Waals surface area contributed by atoms with Crippen molar-refractivity contribution >= 4 is 72.9 Å². The zero-order chi connectivity index (χ0) is 34.1. The molecule has 5 rings (SSSR count). The summed E-state index contributed by atoms with van der Waals surface area (Å²) < 4.78 is 24.1. The molecule has 242 valence electrons. The quantitative estimate of drug-likeness (QED) is 0.0849. The van der Waals surface area contributed by atoms with Crippen LogP contribution >= 0.6 is 27.7 Å². The van der Waals surface area contributed by atoms with E-state index in [1.807, 2.05) is 60.7 Å². The van der Waals surface area contributed by atoms with Gasteiger partial charge >= 0.3 is 0 Å². The van der Waals surface area contributed by atoms with Gasteiger partial charge in [0.05, 0.1) is 4.90 Å². The predicted octanol–water partition coefficient (Wildman–Crippen LogP) is 6.98. The fourth-order valence-corrected chi connectivity index (χ4v) is 6.54. The van der Waals surface area contributed by atoms with Gasteiger partial charge in [0.2, 0.25) is 15.9 Å². The Hall–Kier alpha value is -5.01. The number of nitrogens with one attached hydrogen (secondary N) is 3. The summed E-state index contributed by atoms with van der Waals surface area (Å²) in [5.74, 6) is -1.32. The number of rotatable bonds is 11. The number of anilines is 2. The van der Waals surface area contributed by atoms with Crippen LogP contribution in [0.2, 0.25) is 0 Å². The van der Waals surface area contributed by atoms with Gasteiger partial charge in [0.25, 0.3) is 11.8 Å². The first-order valence-electron chi connectivity index (χ1n) is 14.5. The zero-order valence-corrected chi connectivity index (χ0v) is 28.4. The highest BCUT2D eigenvalue weighted by Gasteiger charge is 2.23. The maximum absolute atomic E-state index is 13.6. The molecular weight excluding hydrogens is 712 g/mol. The first-order chi connectivity index (χ1) is 23.0. The molecule has 1 unspecified atom stereocenters. The van der Waals surface area contributed by atoms with Crippen LogP contribution in [-0.2, 0) is 19.6 Å². The fraction of sp³-hybridized carbons (Fsp3) is 0.0278. The minimum atomic E-state index is -3.88. The van der Waals surface area contributed by atoms with Gasteiger partial charge in [-0.05, 0) is 83.9 Å². The van der Waals surface area contributed by atoms with Gasteiger partial charge < -0.3 is 16.0 Å². The lowest BCUT2D eigenvalue weighted by atomic mass is 10.1. The fourth-order valence-electron chi connectivity index (χ4n) is 4.52. The van der Waals surface area contributed by atoms with E-state index in [1.54, 1.807) is 54.6 Å². The molecule has 0 aliphatic carbocycles. The summed E-state index contributed by atoms with van der Waals surface area (Å²) in [4.78, 5) is 40.8. The third-order valence-corrected chi connectivity index (χ3v) is 9.50. The summed E-state index contributed by atoms with van der Waals surface area (Å²) in [5, 5.41) is 12.9. The number of sulfonamides is 1. The molecule has 0 aliphatic rings. The van der Waals surface area contributed by atoms with Gasteiger partial charge in [0.1, 0.15) is 10.9 Å². The lowest BCUT2D eigenvalue weighted by molar-refractivity contribution is -0.116. The predicted molar refractivity (Wildman–Crippen MR) is 193 cm³/mol. The molecule has 0 spiro atoms. The smallest absolute Gasteiger partial charge is 0.272 e. The molecule has 5 aromatic carbocycles. The summed E-state index contributed by atoms with van der Waals surface area (Å²) in [7, 11) is -3.88. The van der Waals surface area contributed by atoms with Crippen molar-refractivity contribution in [3.8, 4) is 0 Å². The third-order valence-electron chi connectivity index (χ3n) is 6.83. The maximum atomic E-state index is 13.6. The third kappa shape index (κ3) is 9.52. The van der Waals surface area contributed by atoms with E-state index in [0.717, 1.165) is 10.0 Å². The van der Waals surface area contributed by atoms with Gasteiger partial charge in [-0.25, -0.2) is 13.6 Å². The van der Waals surface area contributed by atoms with Gasteiger partial charge in [0.15, 0.2) is 0 Å². The zero-order valence-electron chi connectivity index (χ0n) is 25.2. The van der Waals surface area contributed by atoms with Crippen LogP contribution in [0.1, 0.15) is 26.7 Å². The molecule has 0 aromatic heterocycles. The van der Waals surface area contributed by atoms with Crippen molar-refractivity contribution in [2.45, 2.75) is 15.0 Å². The Balaban J connectivity index is 1.37. The van der Waals surface area contributed by atoms with Crippen LogP contribution in [0.25, 0.3) is 6.08 Å². The van der Waals surface area contributed by atoms with E-state index in [1.165, 1.54) is 36.0 Å². The number of carbonyl (C=O) groups excluding carboxylic acids is 3. The normalized spacial score (nSPS) is 12.1. The molecule has 0 aliphatic heterocycles. The van der Waals surface area contributed by atoms with Gasteiger partial charge in [-0.15, -0.1) is 11.8 Å². The van der Waals surface area contributed by atoms with Gasteiger partial charge in [-0.2, -0.15) is 0 Å². The molecule has 5 aromatic rings. The Morgan fingerprint density at radius 1 is 0.729 bits per heavy atom. The summed E-state index contributed by atoms with van der Waals surface area (Å²) in [6.45, 7) is 0. The van der Waals surface area contributed by atoms with Crippen molar-refractivity contribution in [1.82, 2.24) is 5.32 Å². The van der Waals surface area contributed by atoms with Gasteiger partial charge in [-0.3, -0.25) is 14.4 Å². The van der Waals surface area contributed by atoms with E-state index in [0.29, 0.717) is 27.4 Å². The molecule has 1 atom stereocenters. The summed E-state index contributed by atoms with van der Waals surface area (Å²) in [6, 6.07) is 37.7. The van der Waals surface area contributed by atoms with Crippen LogP contribution in [0, 0.1) is 0 Å². The van der Waals surface area contributed by atoms with Crippen molar-refractivity contribution in [2.24, 2.45) is 5.14 Å². The molecule has 0 saturated heterocycles.